The number of anilines is 1. The fourth-order valence-corrected chi connectivity index (χ4v) is 3.03. The normalized spacial score (nSPS) is 17.6. The molecule has 0 aliphatic carbocycles. The standard InChI is InChI=1S/C19H21FN2O2.ClH/c1-19(2)11-16(15-10-14(21)7-8-17(15)24-19)22-18(23)9-12-3-5-13(20)6-4-12;/h3-8,10,16H,9,11,21H2,1-2H3,(H,22,23);1H. The second-order valence-electron chi connectivity index (χ2n) is 6.79. The Morgan fingerprint density at radius 2 is 1.96 bits per heavy atom. The van der Waals surface area contributed by atoms with Crippen LogP contribution in [0.15, 0.2) is 42.5 Å². The predicted octanol–water partition coefficient (Wildman–Crippen LogP) is 3.79. The Morgan fingerprint density at radius 3 is 2.64 bits per heavy atom. The van der Waals surface area contributed by atoms with Crippen molar-refractivity contribution in [3.05, 3.63) is 59.4 Å². The molecule has 3 N–H and O–H groups in total. The summed E-state index contributed by atoms with van der Waals surface area (Å²) in [6.45, 7) is 3.98. The van der Waals surface area contributed by atoms with E-state index >= 15 is 0 Å². The van der Waals surface area contributed by atoms with E-state index in [0.29, 0.717) is 12.1 Å². The van der Waals surface area contributed by atoms with Crippen molar-refractivity contribution in [3.63, 3.8) is 0 Å². The molecule has 1 atom stereocenters. The van der Waals surface area contributed by atoms with Gasteiger partial charge in [-0.15, -0.1) is 12.4 Å². The van der Waals surface area contributed by atoms with Gasteiger partial charge < -0.3 is 15.8 Å². The second-order valence-corrected chi connectivity index (χ2v) is 6.79. The average molecular weight is 365 g/mol. The summed E-state index contributed by atoms with van der Waals surface area (Å²) in [5, 5.41) is 3.05. The number of carbonyl (C=O) groups excluding carboxylic acids is 1. The molecule has 4 nitrogen and oxygen atoms in total. The number of hydrogen-bond donors (Lipinski definition) is 2. The highest BCUT2D eigenvalue weighted by molar-refractivity contribution is 5.85. The zero-order valence-corrected chi connectivity index (χ0v) is 15.0. The van der Waals surface area contributed by atoms with E-state index in [1.165, 1.54) is 12.1 Å². The second kappa shape index (κ2) is 7.31. The van der Waals surface area contributed by atoms with Gasteiger partial charge >= 0.3 is 0 Å². The van der Waals surface area contributed by atoms with Crippen LogP contribution in [-0.4, -0.2) is 11.5 Å². The third-order valence-electron chi connectivity index (χ3n) is 4.10. The summed E-state index contributed by atoms with van der Waals surface area (Å²) in [7, 11) is 0. The molecule has 0 saturated carbocycles. The third-order valence-corrected chi connectivity index (χ3v) is 4.10. The van der Waals surface area contributed by atoms with Crippen molar-refractivity contribution < 1.29 is 13.9 Å². The van der Waals surface area contributed by atoms with Crippen molar-refractivity contribution in [2.45, 2.75) is 38.3 Å². The van der Waals surface area contributed by atoms with Crippen molar-refractivity contribution >= 4 is 24.0 Å². The molecule has 1 amide bonds. The molecule has 3 rings (SSSR count). The number of halogens is 2. The SMILES string of the molecule is CC1(C)CC(NC(=O)Cc2ccc(F)cc2)c2cc(N)ccc2O1.Cl. The number of benzene rings is 2. The van der Waals surface area contributed by atoms with Gasteiger partial charge in [-0.1, -0.05) is 12.1 Å². The van der Waals surface area contributed by atoms with Gasteiger partial charge in [0.2, 0.25) is 5.91 Å². The van der Waals surface area contributed by atoms with Crippen LogP contribution in [-0.2, 0) is 11.2 Å². The Morgan fingerprint density at radius 1 is 1.28 bits per heavy atom. The summed E-state index contributed by atoms with van der Waals surface area (Å²) in [5.41, 5.74) is 7.79. The molecule has 1 aliphatic rings. The average Bonchev–Trinajstić information content (AvgIpc) is 2.49. The zero-order valence-electron chi connectivity index (χ0n) is 14.2. The lowest BCUT2D eigenvalue weighted by molar-refractivity contribution is -0.121. The maximum atomic E-state index is 13.0. The number of fused-ring (bicyclic) bond motifs is 1. The number of carbonyl (C=O) groups is 1. The Hall–Kier alpha value is -2.27. The number of hydrogen-bond acceptors (Lipinski definition) is 3. The van der Waals surface area contributed by atoms with Gasteiger partial charge in [-0.2, -0.15) is 0 Å². The lowest BCUT2D eigenvalue weighted by atomic mass is 9.89. The molecule has 1 unspecified atom stereocenters. The molecule has 0 saturated heterocycles. The molecule has 2 aromatic carbocycles. The first-order valence-electron chi connectivity index (χ1n) is 7.95. The first-order valence-corrected chi connectivity index (χ1v) is 7.95. The van der Waals surface area contributed by atoms with Crippen LogP contribution in [0.25, 0.3) is 0 Å². The van der Waals surface area contributed by atoms with Crippen LogP contribution in [0.5, 0.6) is 5.75 Å². The number of ether oxygens (including phenoxy) is 1. The van der Waals surface area contributed by atoms with Crippen LogP contribution >= 0.6 is 12.4 Å². The Kier molecular flexibility index (Phi) is 5.58. The van der Waals surface area contributed by atoms with Crippen molar-refractivity contribution in [3.8, 4) is 5.75 Å². The van der Waals surface area contributed by atoms with Gasteiger partial charge in [0.25, 0.3) is 0 Å². The summed E-state index contributed by atoms with van der Waals surface area (Å²) in [4.78, 5) is 12.4. The van der Waals surface area contributed by atoms with Gasteiger partial charge in [-0.25, -0.2) is 4.39 Å². The van der Waals surface area contributed by atoms with E-state index in [9.17, 15) is 9.18 Å². The first-order chi connectivity index (χ1) is 11.3. The van der Waals surface area contributed by atoms with Gasteiger partial charge in [0.05, 0.1) is 12.5 Å². The Bertz CT molecular complexity index is 763. The molecule has 0 bridgehead atoms. The van der Waals surface area contributed by atoms with Gasteiger partial charge in [-0.05, 0) is 49.7 Å². The fourth-order valence-electron chi connectivity index (χ4n) is 3.03. The lowest BCUT2D eigenvalue weighted by Gasteiger charge is -2.38. The summed E-state index contributed by atoms with van der Waals surface area (Å²) in [6.07, 6.45) is 0.855. The lowest BCUT2D eigenvalue weighted by Crippen LogP contribution is -2.41. The van der Waals surface area contributed by atoms with Crippen LogP contribution < -0.4 is 15.8 Å². The maximum Gasteiger partial charge on any atom is 0.224 e. The van der Waals surface area contributed by atoms with Crippen LogP contribution in [0.4, 0.5) is 10.1 Å². The van der Waals surface area contributed by atoms with Crippen molar-refractivity contribution in [1.29, 1.82) is 0 Å². The summed E-state index contributed by atoms with van der Waals surface area (Å²) in [6, 6.07) is 11.3. The molecule has 0 radical (unpaired) electrons. The molecule has 0 aromatic heterocycles. The number of amides is 1. The summed E-state index contributed by atoms with van der Waals surface area (Å²) >= 11 is 0. The quantitative estimate of drug-likeness (QED) is 0.814. The van der Waals surface area contributed by atoms with E-state index in [4.69, 9.17) is 10.5 Å². The summed E-state index contributed by atoms with van der Waals surface area (Å²) in [5.74, 6) is 0.319. The van der Waals surface area contributed by atoms with Crippen LogP contribution in [0.1, 0.15) is 37.4 Å². The smallest absolute Gasteiger partial charge is 0.224 e. The fraction of sp³-hybridized carbons (Fsp3) is 0.316. The van der Waals surface area contributed by atoms with Gasteiger partial charge in [0.1, 0.15) is 17.2 Å². The largest absolute Gasteiger partial charge is 0.487 e. The molecule has 1 aliphatic heterocycles. The van der Waals surface area contributed by atoms with Crippen molar-refractivity contribution in [2.75, 3.05) is 5.73 Å². The molecule has 2 aromatic rings. The number of nitrogen functional groups attached to an aromatic ring is 1. The van der Waals surface area contributed by atoms with E-state index in [0.717, 1.165) is 16.9 Å². The topological polar surface area (TPSA) is 64.4 Å². The minimum Gasteiger partial charge on any atom is -0.487 e. The molecule has 25 heavy (non-hydrogen) atoms. The van der Waals surface area contributed by atoms with Gasteiger partial charge in [-0.3, -0.25) is 4.79 Å². The molecule has 134 valence electrons. The van der Waals surface area contributed by atoms with Crippen molar-refractivity contribution in [2.24, 2.45) is 0 Å². The molecule has 1 heterocycles. The van der Waals surface area contributed by atoms with Gasteiger partial charge in [0.15, 0.2) is 0 Å². The minimum atomic E-state index is -0.378. The number of nitrogens with one attached hydrogen (secondary N) is 1. The maximum absolute atomic E-state index is 13.0. The van der Waals surface area contributed by atoms with Crippen LogP contribution in [0.2, 0.25) is 0 Å². The summed E-state index contributed by atoms with van der Waals surface area (Å²) < 4.78 is 18.9. The Labute approximate surface area is 153 Å². The molecule has 0 fully saturated rings. The Balaban J connectivity index is 0.00000225. The highest BCUT2D eigenvalue weighted by Gasteiger charge is 2.34. The van der Waals surface area contributed by atoms with Gasteiger partial charge in [0, 0.05) is 17.7 Å². The highest BCUT2D eigenvalue weighted by atomic mass is 35.5. The third kappa shape index (κ3) is 4.63. The van der Waals surface area contributed by atoms with Crippen LogP contribution in [0.3, 0.4) is 0 Å². The van der Waals surface area contributed by atoms with E-state index in [-0.39, 0.29) is 42.2 Å². The monoisotopic (exact) mass is 364 g/mol. The van der Waals surface area contributed by atoms with Crippen molar-refractivity contribution in [1.82, 2.24) is 5.32 Å². The molecular formula is C19H22ClFN2O2. The number of rotatable bonds is 3. The molecule has 6 heteroatoms. The van der Waals surface area contributed by atoms with E-state index in [1.807, 2.05) is 26.0 Å². The molecular weight excluding hydrogens is 343 g/mol. The predicted molar refractivity (Wildman–Crippen MR) is 98.4 cm³/mol. The molecule has 0 spiro atoms. The number of nitrogens with two attached hydrogens (primary N) is 1. The zero-order chi connectivity index (χ0) is 17.3. The van der Waals surface area contributed by atoms with E-state index < -0.39 is 0 Å². The van der Waals surface area contributed by atoms with E-state index in [2.05, 4.69) is 5.32 Å². The van der Waals surface area contributed by atoms with Crippen LogP contribution in [0, 0.1) is 5.82 Å². The first kappa shape index (κ1) is 19.1. The highest BCUT2D eigenvalue weighted by Crippen LogP contribution is 2.40. The minimum absolute atomic E-state index is 0. The van der Waals surface area contributed by atoms with E-state index in [1.54, 1.807) is 18.2 Å².